The number of amides is 1. The van der Waals surface area contributed by atoms with Crippen molar-refractivity contribution in [3.05, 3.63) is 50.7 Å². The summed E-state index contributed by atoms with van der Waals surface area (Å²) in [5.41, 5.74) is 4.30. The number of hydrogen-bond acceptors (Lipinski definition) is 7. The molecule has 0 aliphatic heterocycles. The first-order valence-corrected chi connectivity index (χ1v) is 9.19. The monoisotopic (exact) mass is 404 g/mol. The van der Waals surface area contributed by atoms with Crippen LogP contribution >= 0.6 is 0 Å². The van der Waals surface area contributed by atoms with Crippen LogP contribution in [-0.2, 0) is 16.1 Å². The Labute approximate surface area is 166 Å². The number of carbonyl (C=O) groups excluding carboxylic acids is 2. The van der Waals surface area contributed by atoms with Crippen LogP contribution in [0.5, 0.6) is 5.75 Å². The molecule has 0 radical (unpaired) electrons. The fourth-order valence-corrected chi connectivity index (χ4v) is 2.76. The number of nitrogens with zero attached hydrogens (tertiary/aromatic N) is 2. The highest BCUT2D eigenvalue weighted by Gasteiger charge is 2.24. The van der Waals surface area contributed by atoms with Gasteiger partial charge in [0.1, 0.15) is 17.1 Å². The zero-order chi connectivity index (χ0) is 21.6. The molecule has 156 valence electrons. The summed E-state index contributed by atoms with van der Waals surface area (Å²) in [6.07, 6.45) is 1.47. The van der Waals surface area contributed by atoms with Gasteiger partial charge in [-0.25, -0.2) is 9.59 Å². The Hall–Kier alpha value is -3.56. The normalized spacial score (nSPS) is 10.6. The van der Waals surface area contributed by atoms with Gasteiger partial charge in [-0.2, -0.15) is 0 Å². The number of aromatic nitrogens is 2. The maximum Gasteiger partial charge on any atom is 0.342 e. The number of rotatable bonds is 8. The summed E-state index contributed by atoms with van der Waals surface area (Å²) in [7, 11) is 0. The Morgan fingerprint density at radius 2 is 1.93 bits per heavy atom. The average Bonchev–Trinajstić information content (AvgIpc) is 2.69. The van der Waals surface area contributed by atoms with Gasteiger partial charge in [-0.3, -0.25) is 19.1 Å². The number of nitrogens with two attached hydrogens (primary N) is 1. The van der Waals surface area contributed by atoms with Crippen molar-refractivity contribution < 1.29 is 19.4 Å². The number of aromatic hydroxyl groups is 1. The van der Waals surface area contributed by atoms with E-state index in [0.29, 0.717) is 13.0 Å². The van der Waals surface area contributed by atoms with Crippen LogP contribution < -0.4 is 21.9 Å². The van der Waals surface area contributed by atoms with E-state index in [1.807, 2.05) is 6.92 Å². The Morgan fingerprint density at radius 1 is 1.24 bits per heavy atom. The highest BCUT2D eigenvalue weighted by Crippen LogP contribution is 2.19. The van der Waals surface area contributed by atoms with Crippen LogP contribution in [0.4, 0.5) is 11.5 Å². The lowest BCUT2D eigenvalue weighted by Crippen LogP contribution is -2.42. The lowest BCUT2D eigenvalue weighted by atomic mass is 10.2. The molecule has 0 atom stereocenters. The van der Waals surface area contributed by atoms with E-state index in [9.17, 15) is 24.3 Å². The molecule has 0 aliphatic rings. The Morgan fingerprint density at radius 3 is 2.55 bits per heavy atom. The van der Waals surface area contributed by atoms with Crippen molar-refractivity contribution in [2.75, 3.05) is 23.8 Å². The van der Waals surface area contributed by atoms with E-state index in [1.54, 1.807) is 13.0 Å². The SMILES string of the molecule is CCCCn1c(N)c(N(CC)C(=O)COC(=O)c2ccccc2O)c(=O)[nH]c1=O. The summed E-state index contributed by atoms with van der Waals surface area (Å²) in [4.78, 5) is 52.2. The molecular weight excluding hydrogens is 380 g/mol. The highest BCUT2D eigenvalue weighted by molar-refractivity contribution is 5.99. The van der Waals surface area contributed by atoms with E-state index >= 15 is 0 Å². The number of likely N-dealkylation sites (N-methyl/N-ethyl adjacent to an activating group) is 1. The number of phenolic OH excluding ortho intramolecular Hbond substituents is 1. The number of carbonyl (C=O) groups is 2. The molecule has 1 heterocycles. The van der Waals surface area contributed by atoms with Gasteiger partial charge in [-0.1, -0.05) is 25.5 Å². The van der Waals surface area contributed by atoms with Gasteiger partial charge in [0.05, 0.1) is 0 Å². The number of hydrogen-bond donors (Lipinski definition) is 3. The van der Waals surface area contributed by atoms with Crippen molar-refractivity contribution in [3.8, 4) is 5.75 Å². The fraction of sp³-hybridized carbons (Fsp3) is 0.368. The Bertz CT molecular complexity index is 1010. The summed E-state index contributed by atoms with van der Waals surface area (Å²) in [6.45, 7) is 3.23. The standard InChI is InChI=1S/C19H24N4O6/c1-3-5-10-23-16(20)15(17(26)21-19(23)28)22(4-2)14(25)11-29-18(27)12-8-6-7-9-13(12)24/h6-9,24H,3-5,10-11,20H2,1-2H3,(H,21,26,28). The number of nitrogens with one attached hydrogen (secondary N) is 1. The number of nitrogen functional groups attached to an aromatic ring is 1. The summed E-state index contributed by atoms with van der Waals surface area (Å²) in [5, 5.41) is 9.69. The number of esters is 1. The van der Waals surface area contributed by atoms with Crippen molar-refractivity contribution in [2.45, 2.75) is 33.2 Å². The van der Waals surface area contributed by atoms with Gasteiger partial charge >= 0.3 is 11.7 Å². The number of anilines is 2. The van der Waals surface area contributed by atoms with Gasteiger partial charge < -0.3 is 20.5 Å². The topological polar surface area (TPSA) is 148 Å². The summed E-state index contributed by atoms with van der Waals surface area (Å²) < 4.78 is 6.16. The summed E-state index contributed by atoms with van der Waals surface area (Å²) in [5.74, 6) is -1.99. The van der Waals surface area contributed by atoms with E-state index in [1.165, 1.54) is 22.8 Å². The molecule has 1 aromatic carbocycles. The van der Waals surface area contributed by atoms with Crippen molar-refractivity contribution in [1.29, 1.82) is 0 Å². The van der Waals surface area contributed by atoms with Gasteiger partial charge in [0.25, 0.3) is 11.5 Å². The van der Waals surface area contributed by atoms with E-state index in [4.69, 9.17) is 10.5 Å². The number of aromatic amines is 1. The molecule has 0 unspecified atom stereocenters. The maximum atomic E-state index is 12.6. The number of phenols is 1. The van der Waals surface area contributed by atoms with E-state index in [-0.39, 0.29) is 29.4 Å². The first-order chi connectivity index (χ1) is 13.8. The average molecular weight is 404 g/mol. The minimum absolute atomic E-state index is 0.0617. The molecule has 1 amide bonds. The third-order valence-corrected chi connectivity index (χ3v) is 4.29. The number of unbranched alkanes of at least 4 members (excludes halogenated alkanes) is 1. The molecular formula is C19H24N4O6. The zero-order valence-corrected chi connectivity index (χ0v) is 16.3. The van der Waals surface area contributed by atoms with Crippen LogP contribution in [0.1, 0.15) is 37.0 Å². The van der Waals surface area contributed by atoms with Gasteiger partial charge in [0.15, 0.2) is 12.3 Å². The molecule has 0 spiro atoms. The minimum Gasteiger partial charge on any atom is -0.507 e. The van der Waals surface area contributed by atoms with Crippen molar-refractivity contribution >= 4 is 23.4 Å². The molecule has 2 aromatic rings. The smallest absolute Gasteiger partial charge is 0.342 e. The second-order valence-electron chi connectivity index (χ2n) is 6.23. The van der Waals surface area contributed by atoms with Crippen molar-refractivity contribution in [2.24, 2.45) is 0 Å². The lowest BCUT2D eigenvalue weighted by Gasteiger charge is -2.23. The van der Waals surface area contributed by atoms with Gasteiger partial charge in [-0.15, -0.1) is 0 Å². The van der Waals surface area contributed by atoms with Crippen LogP contribution in [0, 0.1) is 0 Å². The third-order valence-electron chi connectivity index (χ3n) is 4.29. The van der Waals surface area contributed by atoms with Crippen molar-refractivity contribution in [1.82, 2.24) is 9.55 Å². The molecule has 29 heavy (non-hydrogen) atoms. The van der Waals surface area contributed by atoms with E-state index < -0.39 is 29.7 Å². The number of ether oxygens (including phenoxy) is 1. The number of para-hydroxylation sites is 1. The predicted molar refractivity (Wildman–Crippen MR) is 107 cm³/mol. The molecule has 1 aromatic heterocycles. The molecule has 10 heteroatoms. The minimum atomic E-state index is -0.887. The number of benzene rings is 1. The second-order valence-corrected chi connectivity index (χ2v) is 6.23. The van der Waals surface area contributed by atoms with Crippen LogP contribution in [0.2, 0.25) is 0 Å². The molecule has 10 nitrogen and oxygen atoms in total. The lowest BCUT2D eigenvalue weighted by molar-refractivity contribution is -0.121. The summed E-state index contributed by atoms with van der Waals surface area (Å²) in [6, 6.07) is 5.75. The Kier molecular flexibility index (Phi) is 7.18. The van der Waals surface area contributed by atoms with Crippen LogP contribution in [0.15, 0.2) is 33.9 Å². The van der Waals surface area contributed by atoms with Crippen LogP contribution in [0.25, 0.3) is 0 Å². The van der Waals surface area contributed by atoms with Gasteiger partial charge in [0.2, 0.25) is 0 Å². The maximum absolute atomic E-state index is 12.6. The highest BCUT2D eigenvalue weighted by atomic mass is 16.5. The van der Waals surface area contributed by atoms with Crippen LogP contribution in [-0.4, -0.2) is 39.7 Å². The molecule has 0 saturated carbocycles. The molecule has 2 rings (SSSR count). The molecule has 0 saturated heterocycles. The quantitative estimate of drug-likeness (QED) is 0.552. The number of H-pyrrole nitrogens is 1. The second kappa shape index (κ2) is 9.58. The first-order valence-electron chi connectivity index (χ1n) is 9.19. The fourth-order valence-electron chi connectivity index (χ4n) is 2.76. The zero-order valence-electron chi connectivity index (χ0n) is 16.3. The first kappa shape index (κ1) is 21.7. The Balaban J connectivity index is 2.25. The van der Waals surface area contributed by atoms with E-state index in [2.05, 4.69) is 4.98 Å². The van der Waals surface area contributed by atoms with Crippen molar-refractivity contribution in [3.63, 3.8) is 0 Å². The summed E-state index contributed by atoms with van der Waals surface area (Å²) >= 11 is 0. The molecule has 0 aliphatic carbocycles. The van der Waals surface area contributed by atoms with Gasteiger partial charge in [0, 0.05) is 13.1 Å². The van der Waals surface area contributed by atoms with E-state index in [0.717, 1.165) is 11.3 Å². The molecule has 4 N–H and O–H groups in total. The van der Waals surface area contributed by atoms with Crippen LogP contribution in [0.3, 0.4) is 0 Å². The van der Waals surface area contributed by atoms with Gasteiger partial charge in [-0.05, 0) is 25.5 Å². The molecule has 0 bridgehead atoms. The largest absolute Gasteiger partial charge is 0.507 e. The molecule has 0 fully saturated rings. The third kappa shape index (κ3) is 4.84. The predicted octanol–water partition coefficient (Wildman–Crippen LogP) is 0.834.